The zero-order valence-corrected chi connectivity index (χ0v) is 24.1. The number of anilines is 1. The summed E-state index contributed by atoms with van der Waals surface area (Å²) >= 11 is 1.20. The van der Waals surface area contributed by atoms with E-state index in [9.17, 15) is 20.0 Å². The second-order valence-electron chi connectivity index (χ2n) is 9.95. The van der Waals surface area contributed by atoms with Gasteiger partial charge in [0.25, 0.3) is 5.69 Å². The van der Waals surface area contributed by atoms with E-state index in [0.29, 0.717) is 27.0 Å². The Labute approximate surface area is 243 Å². The van der Waals surface area contributed by atoms with E-state index in [2.05, 4.69) is 9.89 Å². The average molecular weight is 573 g/mol. The number of hydrogen-bond donors (Lipinski definition) is 1. The van der Waals surface area contributed by atoms with Gasteiger partial charge in [0, 0.05) is 30.5 Å². The van der Waals surface area contributed by atoms with Gasteiger partial charge in [0.15, 0.2) is 0 Å². The van der Waals surface area contributed by atoms with Crippen molar-refractivity contribution in [3.8, 4) is 5.69 Å². The van der Waals surface area contributed by atoms with E-state index < -0.39 is 5.97 Å². The van der Waals surface area contributed by atoms with Crippen molar-refractivity contribution in [3.05, 3.63) is 97.9 Å². The fourth-order valence-corrected chi connectivity index (χ4v) is 6.31. The molecule has 1 saturated heterocycles. The zero-order valence-electron chi connectivity index (χ0n) is 23.3. The number of esters is 1. The highest BCUT2D eigenvalue weighted by Gasteiger charge is 2.33. The third kappa shape index (κ3) is 5.78. The predicted octanol–water partition coefficient (Wildman–Crippen LogP) is 7.19. The first kappa shape index (κ1) is 28.2. The molecule has 2 aliphatic heterocycles. The summed E-state index contributed by atoms with van der Waals surface area (Å²) in [7, 11) is 0. The predicted molar refractivity (Wildman–Crippen MR) is 163 cm³/mol. The molecule has 9 nitrogen and oxygen atoms in total. The van der Waals surface area contributed by atoms with Crippen molar-refractivity contribution in [1.29, 1.82) is 0 Å². The Balaban J connectivity index is 1.53. The number of nitro benzene ring substituents is 1. The number of aliphatic hydroxyl groups excluding tert-OH is 1. The van der Waals surface area contributed by atoms with E-state index in [1.165, 1.54) is 11.8 Å². The monoisotopic (exact) mass is 572 g/mol. The smallest absolute Gasteiger partial charge is 0.344 e. The number of aromatic nitrogens is 1. The maximum absolute atomic E-state index is 12.8. The number of hydrogen-bond acceptors (Lipinski definition) is 8. The van der Waals surface area contributed by atoms with E-state index in [4.69, 9.17) is 4.74 Å². The molecule has 10 heteroatoms. The lowest BCUT2D eigenvalue weighted by molar-refractivity contribution is -0.384. The van der Waals surface area contributed by atoms with Crippen LogP contribution in [0.1, 0.15) is 43.1 Å². The molecule has 0 bridgehead atoms. The third-order valence-corrected chi connectivity index (χ3v) is 8.24. The molecule has 212 valence electrons. The standard InChI is InChI=1S/C31H32N4O5S/c1-4-40-31(37)28-29(36)27(41-30(28)32-23-11-7-5-8-12-23)18-22-17-20(2)34(21(22)3)24-13-14-25(26(19-24)35(38)39)33-15-9-6-10-16-33/h5,7-8,11-14,17-19,36H,4,6,9-10,15-16H2,1-3H3/b27-18-,32-30?. The van der Waals surface area contributed by atoms with Gasteiger partial charge in [-0.3, -0.25) is 10.1 Å². The molecule has 0 radical (unpaired) electrons. The van der Waals surface area contributed by atoms with Gasteiger partial charge in [-0.25, -0.2) is 9.79 Å². The van der Waals surface area contributed by atoms with Crippen LogP contribution in [-0.4, -0.2) is 45.3 Å². The van der Waals surface area contributed by atoms with Gasteiger partial charge in [0.1, 0.15) is 22.1 Å². The first-order valence-corrected chi connectivity index (χ1v) is 14.5. The Morgan fingerprint density at radius 1 is 1.12 bits per heavy atom. The average Bonchev–Trinajstić information content (AvgIpc) is 3.43. The number of rotatable bonds is 7. The molecule has 1 N–H and O–H groups in total. The van der Waals surface area contributed by atoms with Gasteiger partial charge in [-0.15, -0.1) is 0 Å². The van der Waals surface area contributed by atoms with Crippen molar-refractivity contribution in [3.63, 3.8) is 0 Å². The molecule has 0 spiro atoms. The Morgan fingerprint density at radius 2 is 1.85 bits per heavy atom. The van der Waals surface area contributed by atoms with Crippen molar-refractivity contribution in [1.82, 2.24) is 4.57 Å². The quantitative estimate of drug-likeness (QED) is 0.181. The molecule has 3 aromatic rings. The molecule has 0 amide bonds. The Morgan fingerprint density at radius 3 is 2.54 bits per heavy atom. The number of aliphatic imine (C=N–C) groups is 1. The minimum Gasteiger partial charge on any atom is -0.506 e. The fraction of sp³-hybridized carbons (Fsp3) is 0.290. The van der Waals surface area contributed by atoms with Crippen molar-refractivity contribution in [2.24, 2.45) is 4.99 Å². The molecule has 0 aliphatic carbocycles. The van der Waals surface area contributed by atoms with Crippen LogP contribution >= 0.6 is 11.8 Å². The second-order valence-corrected chi connectivity index (χ2v) is 11.0. The maximum Gasteiger partial charge on any atom is 0.344 e. The first-order valence-electron chi connectivity index (χ1n) is 13.7. The van der Waals surface area contributed by atoms with Crippen LogP contribution in [0.3, 0.4) is 0 Å². The highest BCUT2D eigenvalue weighted by Crippen LogP contribution is 2.41. The number of nitrogens with zero attached hydrogens (tertiary/aromatic N) is 4. The topological polar surface area (TPSA) is 110 Å². The minimum absolute atomic E-state index is 0.0321. The lowest BCUT2D eigenvalue weighted by atomic mass is 10.1. The van der Waals surface area contributed by atoms with Crippen molar-refractivity contribution < 1.29 is 19.6 Å². The number of carbonyl (C=O) groups excluding carboxylic acids is 1. The van der Waals surface area contributed by atoms with Gasteiger partial charge in [-0.2, -0.15) is 0 Å². The molecular weight excluding hydrogens is 540 g/mol. The van der Waals surface area contributed by atoms with Crippen LogP contribution in [0.2, 0.25) is 0 Å². The normalized spacial score (nSPS) is 17.5. The van der Waals surface area contributed by atoms with Crippen LogP contribution < -0.4 is 4.90 Å². The number of ether oxygens (including phenoxy) is 1. The summed E-state index contributed by atoms with van der Waals surface area (Å²) in [5.74, 6) is -0.823. The van der Waals surface area contributed by atoms with Gasteiger partial charge in [-0.05, 0) is 82.0 Å². The summed E-state index contributed by atoms with van der Waals surface area (Å²) in [5, 5.41) is 23.5. The van der Waals surface area contributed by atoms with E-state index in [-0.39, 0.29) is 28.5 Å². The molecule has 1 aromatic heterocycles. The molecular formula is C31H32N4O5S. The van der Waals surface area contributed by atoms with Gasteiger partial charge in [0.05, 0.1) is 27.8 Å². The van der Waals surface area contributed by atoms with Crippen LogP contribution in [0.4, 0.5) is 17.1 Å². The van der Waals surface area contributed by atoms with Gasteiger partial charge in [-0.1, -0.05) is 30.0 Å². The second kappa shape index (κ2) is 12.1. The number of nitro groups is 1. The summed E-state index contributed by atoms with van der Waals surface area (Å²) in [6, 6.07) is 16.6. The highest BCUT2D eigenvalue weighted by molar-refractivity contribution is 8.18. The Kier molecular flexibility index (Phi) is 8.30. The molecule has 2 aliphatic rings. The summed E-state index contributed by atoms with van der Waals surface area (Å²) < 4.78 is 7.17. The van der Waals surface area contributed by atoms with Crippen LogP contribution in [0.5, 0.6) is 0 Å². The maximum atomic E-state index is 12.8. The van der Waals surface area contributed by atoms with E-state index >= 15 is 0 Å². The van der Waals surface area contributed by atoms with Crippen LogP contribution in [0.15, 0.2) is 75.8 Å². The number of para-hydroxylation sites is 1. The summed E-state index contributed by atoms with van der Waals surface area (Å²) in [4.78, 5) is 31.7. The van der Waals surface area contributed by atoms with Crippen LogP contribution in [-0.2, 0) is 9.53 Å². The highest BCUT2D eigenvalue weighted by atomic mass is 32.2. The van der Waals surface area contributed by atoms with Crippen molar-refractivity contribution in [2.45, 2.75) is 40.0 Å². The number of thioether (sulfide) groups is 1. The largest absolute Gasteiger partial charge is 0.506 e. The molecule has 0 atom stereocenters. The Hall–Kier alpha value is -4.31. The number of aliphatic hydroxyl groups is 1. The molecule has 0 saturated carbocycles. The Bertz CT molecular complexity index is 1580. The fourth-order valence-electron chi connectivity index (χ4n) is 5.28. The van der Waals surface area contributed by atoms with Crippen molar-refractivity contribution in [2.75, 3.05) is 24.6 Å². The SMILES string of the molecule is CCOC(=O)C1=C(O)/C(=C/c2cc(C)n(-c3ccc(N4CCCCC4)c([N+](=O)[O-])c3)c2C)SC1=Nc1ccccc1. The lowest BCUT2D eigenvalue weighted by Crippen LogP contribution is -2.30. The van der Waals surface area contributed by atoms with Gasteiger partial charge in [0.2, 0.25) is 0 Å². The van der Waals surface area contributed by atoms with Crippen LogP contribution in [0, 0.1) is 24.0 Å². The van der Waals surface area contributed by atoms with Gasteiger partial charge < -0.3 is 19.3 Å². The summed E-state index contributed by atoms with van der Waals surface area (Å²) in [6.07, 6.45) is 5.01. The van der Waals surface area contributed by atoms with Crippen LogP contribution in [0.25, 0.3) is 11.8 Å². The zero-order chi connectivity index (χ0) is 29.1. The summed E-state index contributed by atoms with van der Waals surface area (Å²) in [5.41, 5.74) is 4.64. The third-order valence-electron chi connectivity index (χ3n) is 7.22. The lowest BCUT2D eigenvalue weighted by Gasteiger charge is -2.28. The minimum atomic E-state index is -0.637. The number of benzene rings is 2. The van der Waals surface area contributed by atoms with Crippen molar-refractivity contribution >= 4 is 45.9 Å². The molecule has 3 heterocycles. The molecule has 1 fully saturated rings. The molecule has 0 unspecified atom stereocenters. The van der Waals surface area contributed by atoms with E-state index in [1.807, 2.05) is 73.0 Å². The first-order chi connectivity index (χ1) is 19.8. The van der Waals surface area contributed by atoms with E-state index in [1.54, 1.807) is 13.0 Å². The number of carbonyl (C=O) groups is 1. The molecule has 41 heavy (non-hydrogen) atoms. The molecule has 2 aromatic carbocycles. The number of piperidine rings is 1. The summed E-state index contributed by atoms with van der Waals surface area (Å²) in [6.45, 7) is 7.37. The van der Waals surface area contributed by atoms with Gasteiger partial charge >= 0.3 is 5.97 Å². The number of aryl methyl sites for hydroxylation is 1. The molecule has 5 rings (SSSR count). The van der Waals surface area contributed by atoms with E-state index in [0.717, 1.165) is 49.3 Å².